The van der Waals surface area contributed by atoms with Gasteiger partial charge in [0.15, 0.2) is 0 Å². The second kappa shape index (κ2) is 4.38. The van der Waals surface area contributed by atoms with E-state index in [4.69, 9.17) is 11.6 Å². The van der Waals surface area contributed by atoms with Crippen molar-refractivity contribution in [3.8, 4) is 11.1 Å². The lowest BCUT2D eigenvalue weighted by Crippen LogP contribution is -1.81. The maximum Gasteiger partial charge on any atom is 0.0485 e. The molecule has 0 aliphatic carbocycles. The number of benzene rings is 2. The topological polar surface area (TPSA) is 0 Å². The lowest BCUT2D eigenvalue weighted by Gasteiger charge is -2.05. The van der Waals surface area contributed by atoms with Crippen LogP contribution in [0.2, 0.25) is 5.02 Å². The molecule has 0 fully saturated rings. The van der Waals surface area contributed by atoms with Crippen LogP contribution in [0.4, 0.5) is 0 Å². The molecule has 0 heterocycles. The third-order valence-electron chi connectivity index (χ3n) is 2.18. The molecule has 1 radical (unpaired) electrons. The van der Waals surface area contributed by atoms with E-state index in [9.17, 15) is 0 Å². The molecule has 0 aliphatic rings. The minimum Gasteiger partial charge on any atom is -0.0837 e. The van der Waals surface area contributed by atoms with Crippen LogP contribution in [0.1, 0.15) is 5.56 Å². The molecular weight excluding hydrogens is 272 g/mol. The lowest BCUT2D eigenvalue weighted by molar-refractivity contribution is 1.46. The van der Waals surface area contributed by atoms with Gasteiger partial charge in [0.05, 0.1) is 0 Å². The molecule has 15 heavy (non-hydrogen) atoms. The quantitative estimate of drug-likeness (QED) is 0.698. The van der Waals surface area contributed by atoms with E-state index in [-0.39, 0.29) is 0 Å². The number of aryl methyl sites for hydroxylation is 1. The van der Waals surface area contributed by atoms with E-state index in [0.29, 0.717) is 0 Å². The van der Waals surface area contributed by atoms with Gasteiger partial charge in [0.25, 0.3) is 0 Å². The average Bonchev–Trinajstić information content (AvgIpc) is 2.22. The Morgan fingerprint density at radius 3 is 2.73 bits per heavy atom. The molecule has 2 rings (SSSR count). The Morgan fingerprint density at radius 2 is 2.00 bits per heavy atom. The van der Waals surface area contributed by atoms with Gasteiger partial charge in [0.1, 0.15) is 0 Å². The first-order valence-electron chi connectivity index (χ1n) is 4.60. The molecule has 0 bridgehead atoms. The van der Waals surface area contributed by atoms with Crippen molar-refractivity contribution in [3.63, 3.8) is 0 Å². The van der Waals surface area contributed by atoms with Crippen LogP contribution in [0.5, 0.6) is 0 Å². The molecule has 0 amide bonds. The molecule has 0 saturated heterocycles. The van der Waals surface area contributed by atoms with Crippen LogP contribution in [0.3, 0.4) is 0 Å². The van der Waals surface area contributed by atoms with Crippen LogP contribution >= 0.6 is 27.5 Å². The first-order valence-corrected chi connectivity index (χ1v) is 5.77. The summed E-state index contributed by atoms with van der Waals surface area (Å²) in [6.07, 6.45) is 0. The molecule has 2 aromatic carbocycles. The summed E-state index contributed by atoms with van der Waals surface area (Å²) in [5.41, 5.74) is 3.25. The lowest BCUT2D eigenvalue weighted by atomic mass is 10.0. The highest BCUT2D eigenvalue weighted by molar-refractivity contribution is 9.10. The van der Waals surface area contributed by atoms with Crippen molar-refractivity contribution >= 4 is 27.5 Å². The predicted molar refractivity (Wildman–Crippen MR) is 68.2 cm³/mol. The van der Waals surface area contributed by atoms with E-state index in [1.54, 1.807) is 0 Å². The van der Waals surface area contributed by atoms with Crippen molar-refractivity contribution in [2.75, 3.05) is 0 Å². The Kier molecular flexibility index (Phi) is 3.13. The maximum absolute atomic E-state index is 6.14. The fourth-order valence-electron chi connectivity index (χ4n) is 1.44. The van der Waals surface area contributed by atoms with E-state index >= 15 is 0 Å². The maximum atomic E-state index is 6.14. The van der Waals surface area contributed by atoms with Crippen LogP contribution < -0.4 is 0 Å². The van der Waals surface area contributed by atoms with Crippen LogP contribution in [0.15, 0.2) is 40.9 Å². The van der Waals surface area contributed by atoms with E-state index in [1.165, 1.54) is 5.56 Å². The number of halogens is 2. The zero-order chi connectivity index (χ0) is 10.8. The fourth-order valence-corrected chi connectivity index (χ4v) is 2.02. The SMILES string of the molecule is Cc1cc[c]c(-c2cc(Br)ccc2Cl)c1. The normalized spacial score (nSPS) is 10.3. The number of hydrogen-bond acceptors (Lipinski definition) is 0. The minimum atomic E-state index is 0.750. The molecule has 0 atom stereocenters. The van der Waals surface area contributed by atoms with Gasteiger partial charge in [-0.2, -0.15) is 0 Å². The van der Waals surface area contributed by atoms with Crippen molar-refractivity contribution in [3.05, 3.63) is 57.5 Å². The summed E-state index contributed by atoms with van der Waals surface area (Å²) >= 11 is 9.58. The Labute approximate surface area is 103 Å². The van der Waals surface area contributed by atoms with E-state index in [1.807, 2.05) is 30.3 Å². The van der Waals surface area contributed by atoms with Gasteiger partial charge in [-0.3, -0.25) is 0 Å². The summed E-state index contributed by atoms with van der Waals surface area (Å²) in [6, 6.07) is 15.0. The molecule has 0 unspecified atom stereocenters. The molecule has 0 aliphatic heterocycles. The van der Waals surface area contributed by atoms with Crippen LogP contribution in [0.25, 0.3) is 11.1 Å². The fraction of sp³-hybridized carbons (Fsp3) is 0.0769. The monoisotopic (exact) mass is 279 g/mol. The van der Waals surface area contributed by atoms with Gasteiger partial charge in [0, 0.05) is 15.1 Å². The van der Waals surface area contributed by atoms with E-state index < -0.39 is 0 Å². The number of rotatable bonds is 1. The van der Waals surface area contributed by atoms with Crippen molar-refractivity contribution in [2.45, 2.75) is 6.92 Å². The molecule has 0 spiro atoms. The predicted octanol–water partition coefficient (Wildman–Crippen LogP) is 4.88. The molecule has 0 saturated carbocycles. The van der Waals surface area contributed by atoms with Crippen LogP contribution in [0, 0.1) is 13.0 Å². The zero-order valence-electron chi connectivity index (χ0n) is 8.22. The third kappa shape index (κ3) is 2.42. The molecule has 2 heteroatoms. The molecular formula is C13H9BrCl. The van der Waals surface area contributed by atoms with Crippen LogP contribution in [-0.4, -0.2) is 0 Å². The van der Waals surface area contributed by atoms with E-state index in [0.717, 1.165) is 20.6 Å². The summed E-state index contributed by atoms with van der Waals surface area (Å²) in [7, 11) is 0. The zero-order valence-corrected chi connectivity index (χ0v) is 10.6. The Bertz CT molecular complexity index is 492. The van der Waals surface area contributed by atoms with Gasteiger partial charge in [0.2, 0.25) is 0 Å². The molecule has 0 nitrogen and oxygen atoms in total. The largest absolute Gasteiger partial charge is 0.0837 e. The summed E-state index contributed by atoms with van der Waals surface area (Å²) in [4.78, 5) is 0. The van der Waals surface area contributed by atoms with Crippen LogP contribution in [-0.2, 0) is 0 Å². The van der Waals surface area contributed by atoms with Gasteiger partial charge in [-0.05, 0) is 36.8 Å². The number of hydrogen-bond donors (Lipinski definition) is 0. The second-order valence-corrected chi connectivity index (χ2v) is 4.73. The van der Waals surface area contributed by atoms with Gasteiger partial charge in [-0.15, -0.1) is 0 Å². The van der Waals surface area contributed by atoms with Gasteiger partial charge < -0.3 is 0 Å². The first-order chi connectivity index (χ1) is 7.16. The van der Waals surface area contributed by atoms with Gasteiger partial charge in [-0.1, -0.05) is 51.3 Å². The smallest absolute Gasteiger partial charge is 0.0485 e. The average molecular weight is 281 g/mol. The molecule has 75 valence electrons. The summed E-state index contributed by atoms with van der Waals surface area (Å²) in [6.45, 7) is 2.06. The molecule has 2 aromatic rings. The highest BCUT2D eigenvalue weighted by Crippen LogP contribution is 2.30. The third-order valence-corrected chi connectivity index (χ3v) is 3.00. The minimum absolute atomic E-state index is 0.750. The second-order valence-electron chi connectivity index (χ2n) is 3.40. The van der Waals surface area contributed by atoms with Gasteiger partial charge >= 0.3 is 0 Å². The molecule has 0 N–H and O–H groups in total. The highest BCUT2D eigenvalue weighted by atomic mass is 79.9. The van der Waals surface area contributed by atoms with Gasteiger partial charge in [-0.25, -0.2) is 0 Å². The Hall–Kier alpha value is -0.790. The summed E-state index contributed by atoms with van der Waals surface area (Å²) < 4.78 is 1.02. The standard InChI is InChI=1S/C13H9BrCl/c1-9-3-2-4-10(7-9)12-8-11(14)5-6-13(12)15/h2-3,5-8H,1H3. The molecule has 0 aromatic heterocycles. The van der Waals surface area contributed by atoms with Crippen molar-refractivity contribution in [1.82, 2.24) is 0 Å². The Morgan fingerprint density at radius 1 is 1.20 bits per heavy atom. The summed E-state index contributed by atoms with van der Waals surface area (Å²) in [5.74, 6) is 0. The van der Waals surface area contributed by atoms with E-state index in [2.05, 4.69) is 35.0 Å². The van der Waals surface area contributed by atoms with Crippen molar-refractivity contribution in [2.24, 2.45) is 0 Å². The summed E-state index contributed by atoms with van der Waals surface area (Å²) in [5, 5.41) is 0.750. The Balaban J connectivity index is 2.58. The van der Waals surface area contributed by atoms with Crippen molar-refractivity contribution in [1.29, 1.82) is 0 Å². The first kappa shape index (κ1) is 10.7. The highest BCUT2D eigenvalue weighted by Gasteiger charge is 2.04. The van der Waals surface area contributed by atoms with Crippen molar-refractivity contribution < 1.29 is 0 Å².